The van der Waals surface area contributed by atoms with Crippen LogP contribution in [0.15, 0.2) is 42.5 Å². The van der Waals surface area contributed by atoms with Gasteiger partial charge in [0.05, 0.1) is 5.56 Å². The van der Waals surface area contributed by atoms with Crippen molar-refractivity contribution < 1.29 is 4.74 Å². The lowest BCUT2D eigenvalue weighted by Crippen LogP contribution is -1.90. The van der Waals surface area contributed by atoms with Crippen LogP contribution in [-0.4, -0.2) is 0 Å². The maximum absolute atomic E-state index is 8.99. The van der Waals surface area contributed by atoms with Crippen LogP contribution in [0.25, 0.3) is 0 Å². The van der Waals surface area contributed by atoms with Gasteiger partial charge in [0.1, 0.15) is 17.6 Å². The number of rotatable bonds is 2. The van der Waals surface area contributed by atoms with E-state index in [1.54, 1.807) is 12.1 Å². The lowest BCUT2D eigenvalue weighted by atomic mass is 10.1. The summed E-state index contributed by atoms with van der Waals surface area (Å²) in [4.78, 5) is 0. The molecule has 0 aliphatic rings. The standard InChI is InChI=1S/C15H13NO/c1-11-7-8-12(2)15(9-11)17-14-6-4-3-5-13(14)10-16/h3-9H,1-2H3. The van der Waals surface area contributed by atoms with Crippen LogP contribution in [0, 0.1) is 25.2 Å². The van der Waals surface area contributed by atoms with Crippen LogP contribution < -0.4 is 4.74 Å². The molecule has 17 heavy (non-hydrogen) atoms. The summed E-state index contributed by atoms with van der Waals surface area (Å²) in [5.74, 6) is 1.40. The zero-order chi connectivity index (χ0) is 12.3. The lowest BCUT2D eigenvalue weighted by Gasteiger charge is -2.10. The highest BCUT2D eigenvalue weighted by molar-refractivity contribution is 5.47. The Labute approximate surface area is 101 Å². The second kappa shape index (κ2) is 4.71. The first-order valence-corrected chi connectivity index (χ1v) is 5.45. The molecule has 2 nitrogen and oxygen atoms in total. The Bertz CT molecular complexity index is 582. The SMILES string of the molecule is Cc1ccc(C)c(Oc2ccccc2C#N)c1. The third-order valence-corrected chi connectivity index (χ3v) is 2.57. The molecule has 0 unspecified atom stereocenters. The number of nitrogens with zero attached hydrogens (tertiary/aromatic N) is 1. The molecule has 0 bridgehead atoms. The van der Waals surface area contributed by atoms with Crippen molar-refractivity contribution in [2.24, 2.45) is 0 Å². The summed E-state index contributed by atoms with van der Waals surface area (Å²) in [5.41, 5.74) is 2.75. The van der Waals surface area contributed by atoms with Gasteiger partial charge in [0.15, 0.2) is 0 Å². The van der Waals surface area contributed by atoms with Crippen LogP contribution in [0.3, 0.4) is 0 Å². The van der Waals surface area contributed by atoms with E-state index in [9.17, 15) is 0 Å². The number of hydrogen-bond acceptors (Lipinski definition) is 2. The molecule has 2 heteroatoms. The summed E-state index contributed by atoms with van der Waals surface area (Å²) in [6.45, 7) is 4.01. The summed E-state index contributed by atoms with van der Waals surface area (Å²) in [5, 5.41) is 8.99. The maximum Gasteiger partial charge on any atom is 0.145 e. The molecule has 0 aromatic heterocycles. The van der Waals surface area contributed by atoms with Gasteiger partial charge in [-0.15, -0.1) is 0 Å². The van der Waals surface area contributed by atoms with Gasteiger partial charge >= 0.3 is 0 Å². The molecule has 0 amide bonds. The van der Waals surface area contributed by atoms with Gasteiger partial charge in [0.25, 0.3) is 0 Å². The molecule has 2 rings (SSSR count). The fraction of sp³-hybridized carbons (Fsp3) is 0.133. The maximum atomic E-state index is 8.99. The summed E-state index contributed by atoms with van der Waals surface area (Å²) in [7, 11) is 0. The van der Waals surface area contributed by atoms with E-state index in [1.807, 2.05) is 44.2 Å². The number of ether oxygens (including phenoxy) is 1. The van der Waals surface area contributed by atoms with Crippen molar-refractivity contribution in [3.05, 3.63) is 59.2 Å². The summed E-state index contributed by atoms with van der Waals surface area (Å²) in [6.07, 6.45) is 0. The molecular weight excluding hydrogens is 210 g/mol. The van der Waals surface area contributed by atoms with Gasteiger partial charge in [0, 0.05) is 0 Å². The lowest BCUT2D eigenvalue weighted by molar-refractivity contribution is 0.477. The van der Waals surface area contributed by atoms with Gasteiger partial charge in [-0.05, 0) is 43.2 Å². The minimum absolute atomic E-state index is 0.549. The van der Waals surface area contributed by atoms with Crippen molar-refractivity contribution >= 4 is 0 Å². The molecule has 2 aromatic rings. The molecule has 0 heterocycles. The normalized spacial score (nSPS) is 9.71. The Morgan fingerprint density at radius 3 is 2.53 bits per heavy atom. The highest BCUT2D eigenvalue weighted by Crippen LogP contribution is 2.28. The van der Waals surface area contributed by atoms with E-state index in [4.69, 9.17) is 10.00 Å². The van der Waals surface area contributed by atoms with Crippen molar-refractivity contribution in [2.45, 2.75) is 13.8 Å². The van der Waals surface area contributed by atoms with Gasteiger partial charge in [-0.2, -0.15) is 5.26 Å². The number of para-hydroxylation sites is 1. The van der Waals surface area contributed by atoms with E-state index in [2.05, 4.69) is 6.07 Å². The second-order valence-electron chi connectivity index (χ2n) is 3.98. The van der Waals surface area contributed by atoms with Crippen LogP contribution in [-0.2, 0) is 0 Å². The third kappa shape index (κ3) is 2.46. The largest absolute Gasteiger partial charge is 0.456 e. The number of benzene rings is 2. The van der Waals surface area contributed by atoms with E-state index in [0.29, 0.717) is 11.3 Å². The van der Waals surface area contributed by atoms with Crippen molar-refractivity contribution in [3.63, 3.8) is 0 Å². The first-order chi connectivity index (χ1) is 8.20. The van der Waals surface area contributed by atoms with Gasteiger partial charge in [-0.25, -0.2) is 0 Å². The van der Waals surface area contributed by atoms with Crippen molar-refractivity contribution in [2.75, 3.05) is 0 Å². The minimum Gasteiger partial charge on any atom is -0.456 e. The summed E-state index contributed by atoms with van der Waals surface area (Å²) in [6, 6.07) is 15.4. The highest BCUT2D eigenvalue weighted by atomic mass is 16.5. The van der Waals surface area contributed by atoms with Crippen LogP contribution >= 0.6 is 0 Å². The Hall–Kier alpha value is -2.27. The summed E-state index contributed by atoms with van der Waals surface area (Å²) >= 11 is 0. The molecule has 0 atom stereocenters. The molecule has 0 aliphatic heterocycles. The first kappa shape index (κ1) is 11.2. The first-order valence-electron chi connectivity index (χ1n) is 5.45. The van der Waals surface area contributed by atoms with Gasteiger partial charge in [-0.3, -0.25) is 0 Å². The molecule has 0 radical (unpaired) electrons. The van der Waals surface area contributed by atoms with Gasteiger partial charge < -0.3 is 4.74 Å². The molecule has 0 spiro atoms. The molecule has 0 fully saturated rings. The number of aryl methyl sites for hydroxylation is 2. The molecule has 84 valence electrons. The summed E-state index contributed by atoms with van der Waals surface area (Å²) < 4.78 is 5.79. The quantitative estimate of drug-likeness (QED) is 0.771. The Kier molecular flexibility index (Phi) is 3.11. The fourth-order valence-corrected chi connectivity index (χ4v) is 1.58. The van der Waals surface area contributed by atoms with Crippen molar-refractivity contribution in [3.8, 4) is 17.6 Å². The van der Waals surface area contributed by atoms with Crippen molar-refractivity contribution in [1.82, 2.24) is 0 Å². The zero-order valence-corrected chi connectivity index (χ0v) is 9.90. The molecule has 0 saturated carbocycles. The zero-order valence-electron chi connectivity index (χ0n) is 9.90. The Morgan fingerprint density at radius 2 is 1.76 bits per heavy atom. The Balaban J connectivity index is 2.38. The number of nitriles is 1. The van der Waals surface area contributed by atoms with Crippen LogP contribution in [0.2, 0.25) is 0 Å². The minimum atomic E-state index is 0.549. The average molecular weight is 223 g/mol. The smallest absolute Gasteiger partial charge is 0.145 e. The average Bonchev–Trinajstić information content (AvgIpc) is 2.34. The number of hydrogen-bond donors (Lipinski definition) is 0. The van der Waals surface area contributed by atoms with Gasteiger partial charge in [0.2, 0.25) is 0 Å². The predicted octanol–water partition coefficient (Wildman–Crippen LogP) is 3.97. The molecule has 0 saturated heterocycles. The van der Waals surface area contributed by atoms with E-state index in [0.717, 1.165) is 16.9 Å². The van der Waals surface area contributed by atoms with Crippen LogP contribution in [0.4, 0.5) is 0 Å². The van der Waals surface area contributed by atoms with Gasteiger partial charge in [-0.1, -0.05) is 24.3 Å². The van der Waals surface area contributed by atoms with E-state index in [-0.39, 0.29) is 0 Å². The highest BCUT2D eigenvalue weighted by Gasteiger charge is 2.05. The Morgan fingerprint density at radius 1 is 1.00 bits per heavy atom. The van der Waals surface area contributed by atoms with E-state index < -0.39 is 0 Å². The van der Waals surface area contributed by atoms with E-state index >= 15 is 0 Å². The molecular formula is C15H13NO. The van der Waals surface area contributed by atoms with E-state index in [1.165, 1.54) is 0 Å². The fourth-order valence-electron chi connectivity index (χ4n) is 1.58. The van der Waals surface area contributed by atoms with Crippen molar-refractivity contribution in [1.29, 1.82) is 5.26 Å². The molecule has 0 N–H and O–H groups in total. The second-order valence-corrected chi connectivity index (χ2v) is 3.98. The monoisotopic (exact) mass is 223 g/mol. The van der Waals surface area contributed by atoms with Crippen LogP contribution in [0.5, 0.6) is 11.5 Å². The molecule has 0 aliphatic carbocycles. The third-order valence-electron chi connectivity index (χ3n) is 2.57. The predicted molar refractivity (Wildman–Crippen MR) is 67.1 cm³/mol. The molecule has 2 aromatic carbocycles. The van der Waals surface area contributed by atoms with Crippen LogP contribution in [0.1, 0.15) is 16.7 Å². The topological polar surface area (TPSA) is 33.0 Å².